The van der Waals surface area contributed by atoms with Crippen molar-refractivity contribution in [1.82, 2.24) is 0 Å². The predicted molar refractivity (Wildman–Crippen MR) is 146 cm³/mol. The molecule has 4 aromatic carbocycles. The van der Waals surface area contributed by atoms with Crippen LogP contribution < -0.4 is 14.4 Å². The molecule has 1 N–H and O–H groups in total. The van der Waals surface area contributed by atoms with E-state index in [9.17, 15) is 19.1 Å². The Morgan fingerprint density at radius 1 is 0.923 bits per heavy atom. The van der Waals surface area contributed by atoms with E-state index < -0.39 is 23.5 Å². The smallest absolute Gasteiger partial charge is 0.300 e. The lowest BCUT2D eigenvalue weighted by Gasteiger charge is -2.25. The molecule has 5 rings (SSSR count). The first-order valence-electron chi connectivity index (χ1n) is 12.4. The molecule has 1 saturated heterocycles. The van der Waals surface area contributed by atoms with Crippen LogP contribution in [0.3, 0.4) is 0 Å². The number of hydrogen-bond donors (Lipinski definition) is 1. The third-order valence-corrected chi connectivity index (χ3v) is 6.65. The normalized spacial score (nSPS) is 16.4. The van der Waals surface area contributed by atoms with E-state index in [1.165, 1.54) is 30.2 Å². The average molecular weight is 524 g/mol. The minimum atomic E-state index is -0.980. The number of aliphatic hydroxyl groups excluding tert-OH is 1. The predicted octanol–water partition coefficient (Wildman–Crippen LogP) is 6.35. The number of benzene rings is 4. The van der Waals surface area contributed by atoms with Crippen LogP contribution in [0, 0.1) is 12.7 Å². The van der Waals surface area contributed by atoms with E-state index in [-0.39, 0.29) is 17.0 Å². The van der Waals surface area contributed by atoms with Crippen LogP contribution in [0.5, 0.6) is 11.5 Å². The topological polar surface area (TPSA) is 76.1 Å². The van der Waals surface area contributed by atoms with Gasteiger partial charge in [-0.25, -0.2) is 4.39 Å². The van der Waals surface area contributed by atoms with E-state index in [1.807, 2.05) is 37.3 Å². The van der Waals surface area contributed by atoms with Gasteiger partial charge in [0.05, 0.1) is 18.7 Å². The van der Waals surface area contributed by atoms with Gasteiger partial charge in [-0.3, -0.25) is 14.5 Å². The molecule has 1 amide bonds. The zero-order valence-electron chi connectivity index (χ0n) is 21.4. The second-order valence-corrected chi connectivity index (χ2v) is 9.18. The Morgan fingerprint density at radius 2 is 1.67 bits per heavy atom. The molecule has 1 fully saturated rings. The number of carbonyl (C=O) groups excluding carboxylic acids is 2. The molecule has 6 nitrogen and oxygen atoms in total. The van der Waals surface area contributed by atoms with Crippen molar-refractivity contribution in [2.45, 2.75) is 19.6 Å². The summed E-state index contributed by atoms with van der Waals surface area (Å²) in [6.07, 6.45) is 0. The molecule has 1 aliphatic rings. The molecule has 39 heavy (non-hydrogen) atoms. The molecule has 0 aromatic heterocycles. The van der Waals surface area contributed by atoms with Crippen LogP contribution in [0.15, 0.2) is 103 Å². The van der Waals surface area contributed by atoms with Crippen LogP contribution in [0.2, 0.25) is 0 Å². The van der Waals surface area contributed by atoms with Gasteiger partial charge in [-0.15, -0.1) is 0 Å². The summed E-state index contributed by atoms with van der Waals surface area (Å²) in [5, 5.41) is 11.4. The van der Waals surface area contributed by atoms with Gasteiger partial charge in [0.15, 0.2) is 0 Å². The van der Waals surface area contributed by atoms with Crippen molar-refractivity contribution >= 4 is 23.1 Å². The van der Waals surface area contributed by atoms with Crippen molar-refractivity contribution in [3.05, 3.63) is 131 Å². The first kappa shape index (κ1) is 25.7. The van der Waals surface area contributed by atoms with Crippen LogP contribution in [-0.2, 0) is 16.2 Å². The number of aryl methyl sites for hydroxylation is 1. The van der Waals surface area contributed by atoms with Gasteiger partial charge in [0.25, 0.3) is 11.7 Å². The Hall–Kier alpha value is -4.91. The Morgan fingerprint density at radius 3 is 2.33 bits per heavy atom. The van der Waals surface area contributed by atoms with Gasteiger partial charge in [0.1, 0.15) is 29.7 Å². The lowest BCUT2D eigenvalue weighted by atomic mass is 9.94. The Balaban J connectivity index is 1.56. The Bertz CT molecular complexity index is 1560. The SMILES string of the molecule is COc1ccc(C2/C(=C(\O)c3ccc(OCc4ccccc4)c(C)c3)C(=O)C(=O)N2c2cccc(F)c2)cc1. The Kier molecular flexibility index (Phi) is 7.14. The number of nitrogens with zero attached hydrogens (tertiary/aromatic N) is 1. The van der Waals surface area contributed by atoms with Crippen LogP contribution in [0.1, 0.15) is 28.3 Å². The van der Waals surface area contributed by atoms with E-state index >= 15 is 0 Å². The molecule has 1 heterocycles. The molecule has 0 bridgehead atoms. The molecular formula is C32H26FNO5. The number of anilines is 1. The monoisotopic (exact) mass is 523 g/mol. The van der Waals surface area contributed by atoms with Gasteiger partial charge >= 0.3 is 0 Å². The number of ether oxygens (including phenoxy) is 2. The van der Waals surface area contributed by atoms with E-state index in [0.717, 1.165) is 11.1 Å². The highest BCUT2D eigenvalue weighted by Crippen LogP contribution is 2.43. The van der Waals surface area contributed by atoms with Crippen LogP contribution in [-0.4, -0.2) is 23.9 Å². The van der Waals surface area contributed by atoms with Crippen molar-refractivity contribution in [3.8, 4) is 11.5 Å². The van der Waals surface area contributed by atoms with E-state index in [1.54, 1.807) is 48.5 Å². The minimum Gasteiger partial charge on any atom is -0.507 e. The number of carbonyl (C=O) groups is 2. The molecule has 4 aromatic rings. The van der Waals surface area contributed by atoms with Crippen molar-refractivity contribution in [2.75, 3.05) is 12.0 Å². The largest absolute Gasteiger partial charge is 0.507 e. The number of methoxy groups -OCH3 is 1. The molecule has 0 radical (unpaired) electrons. The maximum absolute atomic E-state index is 14.1. The number of aliphatic hydroxyl groups is 1. The third-order valence-electron chi connectivity index (χ3n) is 6.65. The molecule has 1 atom stereocenters. The molecule has 7 heteroatoms. The van der Waals surface area contributed by atoms with Crippen molar-refractivity contribution in [1.29, 1.82) is 0 Å². The van der Waals surface area contributed by atoms with E-state index in [0.29, 0.717) is 29.2 Å². The van der Waals surface area contributed by atoms with Gasteiger partial charge in [-0.05, 0) is 72.1 Å². The number of amides is 1. The lowest BCUT2D eigenvalue weighted by molar-refractivity contribution is -0.132. The summed E-state index contributed by atoms with van der Waals surface area (Å²) in [5.41, 5.74) is 2.79. The van der Waals surface area contributed by atoms with Crippen LogP contribution >= 0.6 is 0 Å². The van der Waals surface area contributed by atoms with Gasteiger partial charge < -0.3 is 14.6 Å². The quantitative estimate of drug-likeness (QED) is 0.174. The molecule has 1 unspecified atom stereocenters. The number of ketones is 1. The first-order valence-corrected chi connectivity index (χ1v) is 12.4. The lowest BCUT2D eigenvalue weighted by Crippen LogP contribution is -2.29. The highest BCUT2D eigenvalue weighted by atomic mass is 19.1. The summed E-state index contributed by atoms with van der Waals surface area (Å²) < 4.78 is 25.3. The number of halogens is 1. The summed E-state index contributed by atoms with van der Waals surface area (Å²) in [6, 6.07) is 26.1. The number of hydrogen-bond acceptors (Lipinski definition) is 5. The van der Waals surface area contributed by atoms with Gasteiger partial charge in [0.2, 0.25) is 0 Å². The molecule has 0 saturated carbocycles. The molecule has 1 aliphatic heterocycles. The third kappa shape index (κ3) is 5.11. The zero-order chi connectivity index (χ0) is 27.5. The summed E-state index contributed by atoms with van der Waals surface area (Å²) in [5.74, 6) is -1.39. The summed E-state index contributed by atoms with van der Waals surface area (Å²) in [6.45, 7) is 2.21. The van der Waals surface area contributed by atoms with Crippen molar-refractivity contribution < 1.29 is 28.6 Å². The second kappa shape index (κ2) is 10.8. The highest BCUT2D eigenvalue weighted by Gasteiger charge is 2.47. The van der Waals surface area contributed by atoms with Gasteiger partial charge in [-0.1, -0.05) is 48.5 Å². The van der Waals surface area contributed by atoms with Crippen LogP contribution in [0.4, 0.5) is 10.1 Å². The fourth-order valence-electron chi connectivity index (χ4n) is 4.68. The minimum absolute atomic E-state index is 0.0909. The van der Waals surface area contributed by atoms with Gasteiger partial charge in [0, 0.05) is 11.3 Å². The van der Waals surface area contributed by atoms with Crippen LogP contribution in [0.25, 0.3) is 5.76 Å². The fraction of sp³-hybridized carbons (Fsp3) is 0.125. The first-order chi connectivity index (χ1) is 18.9. The van der Waals surface area contributed by atoms with Crippen molar-refractivity contribution in [3.63, 3.8) is 0 Å². The Labute approximate surface area is 225 Å². The maximum atomic E-state index is 14.1. The average Bonchev–Trinajstić information content (AvgIpc) is 3.22. The zero-order valence-corrected chi connectivity index (χ0v) is 21.4. The number of rotatable bonds is 7. The van der Waals surface area contributed by atoms with Crippen molar-refractivity contribution in [2.24, 2.45) is 0 Å². The number of Topliss-reactive ketones (excluding diaryl/α,β-unsaturated/α-hetero) is 1. The molecule has 0 aliphatic carbocycles. The van der Waals surface area contributed by atoms with E-state index in [2.05, 4.69) is 0 Å². The molecule has 196 valence electrons. The van der Waals surface area contributed by atoms with E-state index in [4.69, 9.17) is 9.47 Å². The maximum Gasteiger partial charge on any atom is 0.300 e. The fourth-order valence-corrected chi connectivity index (χ4v) is 4.68. The summed E-state index contributed by atoms with van der Waals surface area (Å²) in [7, 11) is 1.53. The second-order valence-electron chi connectivity index (χ2n) is 9.18. The molecular weight excluding hydrogens is 497 g/mol. The standard InChI is InChI=1S/C32H26FNO5/c1-20-17-23(13-16-27(20)39-19-21-7-4-3-5-8-21)30(35)28-29(22-11-14-26(38-2)15-12-22)34(32(37)31(28)36)25-10-6-9-24(33)18-25/h3-18,29,35H,19H2,1-2H3/b30-28+. The highest BCUT2D eigenvalue weighted by molar-refractivity contribution is 6.51. The summed E-state index contributed by atoms with van der Waals surface area (Å²) >= 11 is 0. The van der Waals surface area contributed by atoms with Gasteiger partial charge in [-0.2, -0.15) is 0 Å². The molecule has 0 spiro atoms. The summed E-state index contributed by atoms with van der Waals surface area (Å²) in [4.78, 5) is 27.8.